The summed E-state index contributed by atoms with van der Waals surface area (Å²) in [5.74, 6) is 1.78. The first-order chi connectivity index (χ1) is 8.56. The van der Waals surface area contributed by atoms with Gasteiger partial charge < -0.3 is 14.4 Å². The molecule has 0 fully saturated rings. The molecule has 0 amide bonds. The van der Waals surface area contributed by atoms with Crippen LogP contribution in [0.25, 0.3) is 10.9 Å². The number of methoxy groups -OCH3 is 2. The van der Waals surface area contributed by atoms with E-state index in [4.69, 9.17) is 21.1 Å². The summed E-state index contributed by atoms with van der Waals surface area (Å²) in [6.07, 6.45) is 0. The number of benzene rings is 1. The highest BCUT2D eigenvalue weighted by Gasteiger charge is 2.12. The molecule has 0 saturated heterocycles. The number of anilines is 1. The van der Waals surface area contributed by atoms with Gasteiger partial charge in [-0.3, -0.25) is 0 Å². The van der Waals surface area contributed by atoms with Gasteiger partial charge >= 0.3 is 0 Å². The molecule has 0 aliphatic heterocycles. The number of hydrogen-bond acceptors (Lipinski definition) is 5. The van der Waals surface area contributed by atoms with Crippen LogP contribution in [0.15, 0.2) is 12.1 Å². The topological polar surface area (TPSA) is 47.5 Å². The van der Waals surface area contributed by atoms with Crippen molar-refractivity contribution in [3.05, 3.63) is 17.3 Å². The van der Waals surface area contributed by atoms with Crippen molar-refractivity contribution in [1.82, 2.24) is 9.97 Å². The molecule has 2 aromatic rings. The third-order valence-electron chi connectivity index (χ3n) is 2.54. The molecular weight excluding hydrogens is 254 g/mol. The highest BCUT2D eigenvalue weighted by Crippen LogP contribution is 2.34. The fraction of sp³-hybridized carbons (Fsp3) is 0.333. The number of nitrogens with zero attached hydrogens (tertiary/aromatic N) is 3. The zero-order chi connectivity index (χ0) is 13.3. The number of fused-ring (bicyclic) bond motifs is 1. The third kappa shape index (κ3) is 2.13. The van der Waals surface area contributed by atoms with Crippen LogP contribution < -0.4 is 14.4 Å². The molecule has 0 unspecified atom stereocenters. The first-order valence-electron chi connectivity index (χ1n) is 5.33. The lowest BCUT2D eigenvalue weighted by Gasteiger charge is -2.13. The first-order valence-corrected chi connectivity index (χ1v) is 5.71. The largest absolute Gasteiger partial charge is 0.493 e. The van der Waals surface area contributed by atoms with E-state index < -0.39 is 0 Å². The van der Waals surface area contributed by atoms with Crippen LogP contribution in [0, 0.1) is 0 Å². The van der Waals surface area contributed by atoms with Gasteiger partial charge in [0.1, 0.15) is 5.15 Å². The second-order valence-electron chi connectivity index (χ2n) is 3.93. The van der Waals surface area contributed by atoms with Gasteiger partial charge in [-0.15, -0.1) is 0 Å². The molecule has 0 aliphatic rings. The van der Waals surface area contributed by atoms with Gasteiger partial charge in [0, 0.05) is 25.5 Å². The molecule has 0 aliphatic carbocycles. The summed E-state index contributed by atoms with van der Waals surface area (Å²) in [7, 11) is 6.88. The van der Waals surface area contributed by atoms with E-state index in [1.54, 1.807) is 31.3 Å². The predicted molar refractivity (Wildman–Crippen MR) is 72.0 cm³/mol. The summed E-state index contributed by atoms with van der Waals surface area (Å²) in [4.78, 5) is 10.4. The second-order valence-corrected chi connectivity index (χ2v) is 4.29. The lowest BCUT2D eigenvalue weighted by atomic mass is 10.2. The predicted octanol–water partition coefficient (Wildman–Crippen LogP) is 2.37. The van der Waals surface area contributed by atoms with Crippen LogP contribution in [0.4, 0.5) is 5.95 Å². The average Bonchev–Trinajstić information content (AvgIpc) is 2.36. The Balaban J connectivity index is 2.72. The van der Waals surface area contributed by atoms with Gasteiger partial charge in [-0.2, -0.15) is 0 Å². The Morgan fingerprint density at radius 2 is 1.67 bits per heavy atom. The number of halogens is 1. The number of rotatable bonds is 3. The Morgan fingerprint density at radius 1 is 1.06 bits per heavy atom. The summed E-state index contributed by atoms with van der Waals surface area (Å²) in [6, 6.07) is 3.56. The van der Waals surface area contributed by atoms with Gasteiger partial charge in [0.2, 0.25) is 5.95 Å². The minimum absolute atomic E-state index is 0.393. The van der Waals surface area contributed by atoms with Crippen molar-refractivity contribution in [2.75, 3.05) is 33.2 Å². The lowest BCUT2D eigenvalue weighted by molar-refractivity contribution is 0.356. The van der Waals surface area contributed by atoms with Crippen LogP contribution in [-0.4, -0.2) is 38.3 Å². The number of hydrogen-bond donors (Lipinski definition) is 0. The molecule has 0 atom stereocenters. The quantitative estimate of drug-likeness (QED) is 0.799. The smallest absolute Gasteiger partial charge is 0.226 e. The molecule has 2 rings (SSSR count). The summed E-state index contributed by atoms with van der Waals surface area (Å²) in [6.45, 7) is 0. The van der Waals surface area contributed by atoms with Crippen molar-refractivity contribution in [1.29, 1.82) is 0 Å². The maximum atomic E-state index is 6.16. The SMILES string of the molecule is COc1cc2nc(N(C)C)nc(Cl)c2cc1OC. The van der Waals surface area contributed by atoms with E-state index in [0.29, 0.717) is 22.6 Å². The monoisotopic (exact) mass is 267 g/mol. The average molecular weight is 268 g/mol. The van der Waals surface area contributed by atoms with E-state index in [0.717, 1.165) is 10.9 Å². The van der Waals surface area contributed by atoms with Gasteiger partial charge in [-0.05, 0) is 6.07 Å². The normalized spacial score (nSPS) is 10.5. The zero-order valence-corrected chi connectivity index (χ0v) is 11.4. The van der Waals surface area contributed by atoms with Crippen LogP contribution in [0.3, 0.4) is 0 Å². The molecule has 1 aromatic heterocycles. The number of ether oxygens (including phenoxy) is 2. The van der Waals surface area contributed by atoms with Crippen molar-refractivity contribution in [2.24, 2.45) is 0 Å². The van der Waals surface area contributed by atoms with Gasteiger partial charge in [0.15, 0.2) is 11.5 Å². The molecule has 5 nitrogen and oxygen atoms in total. The van der Waals surface area contributed by atoms with Gasteiger partial charge in [-0.1, -0.05) is 11.6 Å². The molecule has 1 heterocycles. The summed E-state index contributed by atoms with van der Waals surface area (Å²) in [5.41, 5.74) is 0.719. The maximum Gasteiger partial charge on any atom is 0.226 e. The molecule has 96 valence electrons. The Hall–Kier alpha value is -1.75. The van der Waals surface area contributed by atoms with Crippen LogP contribution in [-0.2, 0) is 0 Å². The number of aromatic nitrogens is 2. The highest BCUT2D eigenvalue weighted by molar-refractivity contribution is 6.34. The van der Waals surface area contributed by atoms with Crippen molar-refractivity contribution in [2.45, 2.75) is 0 Å². The molecule has 0 saturated carbocycles. The molecule has 0 bridgehead atoms. The fourth-order valence-electron chi connectivity index (χ4n) is 1.61. The van der Waals surface area contributed by atoms with Crippen molar-refractivity contribution < 1.29 is 9.47 Å². The fourth-order valence-corrected chi connectivity index (χ4v) is 1.83. The summed E-state index contributed by atoms with van der Waals surface area (Å²) >= 11 is 6.16. The van der Waals surface area contributed by atoms with E-state index in [1.165, 1.54) is 0 Å². The standard InChI is InChI=1S/C12H14ClN3O2/c1-16(2)12-14-8-6-10(18-4)9(17-3)5-7(8)11(13)15-12/h5-6H,1-4H3. The van der Waals surface area contributed by atoms with Crippen LogP contribution in [0.1, 0.15) is 0 Å². The Bertz CT molecular complexity index is 587. The third-order valence-corrected chi connectivity index (χ3v) is 2.83. The Labute approximate surface area is 110 Å². The minimum atomic E-state index is 0.393. The Morgan fingerprint density at radius 3 is 2.22 bits per heavy atom. The van der Waals surface area contributed by atoms with Crippen LogP contribution >= 0.6 is 11.6 Å². The van der Waals surface area contributed by atoms with Gasteiger partial charge in [0.25, 0.3) is 0 Å². The molecule has 18 heavy (non-hydrogen) atoms. The summed E-state index contributed by atoms with van der Waals surface area (Å²) in [5, 5.41) is 1.13. The molecule has 6 heteroatoms. The maximum absolute atomic E-state index is 6.16. The molecule has 1 aromatic carbocycles. The first kappa shape index (κ1) is 12.7. The highest BCUT2D eigenvalue weighted by atomic mass is 35.5. The van der Waals surface area contributed by atoms with E-state index >= 15 is 0 Å². The van der Waals surface area contributed by atoms with Crippen LogP contribution in [0.2, 0.25) is 5.15 Å². The van der Waals surface area contributed by atoms with Crippen molar-refractivity contribution in [3.63, 3.8) is 0 Å². The van der Waals surface area contributed by atoms with E-state index in [9.17, 15) is 0 Å². The van der Waals surface area contributed by atoms with Crippen molar-refractivity contribution >= 4 is 28.5 Å². The van der Waals surface area contributed by atoms with E-state index in [1.807, 2.05) is 14.1 Å². The Kier molecular flexibility index (Phi) is 3.43. The molecular formula is C12H14ClN3O2. The van der Waals surface area contributed by atoms with Crippen LogP contribution in [0.5, 0.6) is 11.5 Å². The summed E-state index contributed by atoms with van der Waals surface area (Å²) < 4.78 is 10.5. The second kappa shape index (κ2) is 4.86. The van der Waals surface area contributed by atoms with E-state index in [2.05, 4.69) is 9.97 Å². The van der Waals surface area contributed by atoms with Gasteiger partial charge in [-0.25, -0.2) is 9.97 Å². The zero-order valence-electron chi connectivity index (χ0n) is 10.7. The lowest BCUT2D eigenvalue weighted by Crippen LogP contribution is -2.12. The van der Waals surface area contributed by atoms with Crippen molar-refractivity contribution in [3.8, 4) is 11.5 Å². The van der Waals surface area contributed by atoms with E-state index in [-0.39, 0.29) is 0 Å². The molecule has 0 radical (unpaired) electrons. The minimum Gasteiger partial charge on any atom is -0.493 e. The molecule has 0 N–H and O–H groups in total. The molecule has 0 spiro atoms. The van der Waals surface area contributed by atoms with Gasteiger partial charge in [0.05, 0.1) is 19.7 Å².